The van der Waals surface area contributed by atoms with Crippen molar-refractivity contribution >= 4 is 6.08 Å². The Bertz CT molecular complexity index is 241. The van der Waals surface area contributed by atoms with Crippen LogP contribution in [-0.4, -0.2) is 15.1 Å². The van der Waals surface area contributed by atoms with E-state index in [2.05, 4.69) is 16.5 Å². The Labute approximate surface area is 73.2 Å². The molecule has 0 aromatic carbocycles. The number of nitrogens with one attached hydrogen (secondary N) is 1. The zero-order valence-electron chi connectivity index (χ0n) is 7.89. The third-order valence-corrected chi connectivity index (χ3v) is 1.35. The molecule has 68 valence electrons. The van der Waals surface area contributed by atoms with Crippen molar-refractivity contribution in [2.24, 2.45) is 0 Å². The van der Waals surface area contributed by atoms with Gasteiger partial charge in [0.1, 0.15) is 5.82 Å². The average Bonchev–Trinajstić information content (AvgIpc) is 2.49. The normalized spacial score (nSPS) is 8.67. The summed E-state index contributed by atoms with van der Waals surface area (Å²) in [6.45, 7) is 9.39. The second-order valence-corrected chi connectivity index (χ2v) is 2.06. The van der Waals surface area contributed by atoms with Gasteiger partial charge in [0.2, 0.25) is 0 Å². The highest BCUT2D eigenvalue weighted by molar-refractivity contribution is 5.37. The molecule has 0 aliphatic heterocycles. The lowest BCUT2D eigenvalue weighted by Crippen LogP contribution is -1.84. The molecule has 1 heterocycles. The van der Waals surface area contributed by atoms with Gasteiger partial charge in [0.05, 0.1) is 12.3 Å². The minimum absolute atomic E-state index is 0.0177. The van der Waals surface area contributed by atoms with E-state index in [1.54, 1.807) is 6.08 Å². The molecule has 3 heteroatoms. The summed E-state index contributed by atoms with van der Waals surface area (Å²) in [7, 11) is 0. The van der Waals surface area contributed by atoms with Crippen molar-refractivity contribution in [2.45, 2.75) is 27.4 Å². The molecule has 1 aromatic rings. The van der Waals surface area contributed by atoms with Crippen LogP contribution in [0.1, 0.15) is 31.1 Å². The Morgan fingerprint density at radius 3 is 2.42 bits per heavy atom. The molecule has 1 rings (SSSR count). The highest BCUT2D eigenvalue weighted by Crippen LogP contribution is 2.04. The van der Waals surface area contributed by atoms with Gasteiger partial charge in [-0.1, -0.05) is 20.4 Å². The number of aromatic nitrogens is 2. The fourth-order valence-corrected chi connectivity index (χ4v) is 0.772. The van der Waals surface area contributed by atoms with Crippen LogP contribution in [0.2, 0.25) is 0 Å². The summed E-state index contributed by atoms with van der Waals surface area (Å²) >= 11 is 0. The van der Waals surface area contributed by atoms with E-state index in [4.69, 9.17) is 5.11 Å². The number of hydrogen-bond donors (Lipinski definition) is 2. The van der Waals surface area contributed by atoms with Crippen LogP contribution in [0, 0.1) is 6.92 Å². The third kappa shape index (κ3) is 2.51. The molecule has 12 heavy (non-hydrogen) atoms. The summed E-state index contributed by atoms with van der Waals surface area (Å²) in [6, 6.07) is 0. The Hall–Kier alpha value is -1.09. The van der Waals surface area contributed by atoms with Crippen molar-refractivity contribution in [3.63, 3.8) is 0 Å². The van der Waals surface area contributed by atoms with Crippen LogP contribution < -0.4 is 0 Å². The fraction of sp³-hybridized carbons (Fsp3) is 0.444. The van der Waals surface area contributed by atoms with Crippen LogP contribution in [0.3, 0.4) is 0 Å². The Kier molecular flexibility index (Phi) is 5.04. The van der Waals surface area contributed by atoms with Crippen LogP contribution >= 0.6 is 0 Å². The van der Waals surface area contributed by atoms with Gasteiger partial charge in [0.25, 0.3) is 0 Å². The third-order valence-electron chi connectivity index (χ3n) is 1.35. The second kappa shape index (κ2) is 5.55. The first-order chi connectivity index (χ1) is 5.77. The zero-order valence-corrected chi connectivity index (χ0v) is 7.89. The number of imidazole rings is 1. The van der Waals surface area contributed by atoms with E-state index in [1.165, 1.54) is 0 Å². The van der Waals surface area contributed by atoms with Crippen LogP contribution in [-0.2, 0) is 6.61 Å². The predicted octanol–water partition coefficient (Wildman–Crippen LogP) is 1.88. The highest BCUT2D eigenvalue weighted by Gasteiger charge is 2.00. The molecule has 1 aromatic heterocycles. The van der Waals surface area contributed by atoms with Crippen molar-refractivity contribution in [1.82, 2.24) is 9.97 Å². The largest absolute Gasteiger partial charge is 0.390 e. The van der Waals surface area contributed by atoms with Gasteiger partial charge < -0.3 is 10.1 Å². The molecule has 2 N–H and O–H groups in total. The molecule has 0 aliphatic rings. The van der Waals surface area contributed by atoms with Crippen molar-refractivity contribution in [3.8, 4) is 0 Å². The lowest BCUT2D eigenvalue weighted by molar-refractivity contribution is 0.276. The van der Waals surface area contributed by atoms with Gasteiger partial charge in [-0.2, -0.15) is 0 Å². The molecule has 0 amide bonds. The maximum atomic E-state index is 8.71. The standard InChI is InChI=1S/C7H10N2O.C2H6/c1-3-7-8-5(2)6(4-10)9-7;1-2/h3,10H,1,4H2,2H3,(H,8,9);1-2H3. The molecule has 0 bridgehead atoms. The summed E-state index contributed by atoms with van der Waals surface area (Å²) in [6.07, 6.45) is 1.62. The molecule has 3 nitrogen and oxygen atoms in total. The van der Waals surface area contributed by atoms with Crippen LogP contribution in [0.5, 0.6) is 0 Å². The maximum Gasteiger partial charge on any atom is 0.129 e. The Balaban J connectivity index is 0.000000561. The molecule has 0 atom stereocenters. The van der Waals surface area contributed by atoms with Crippen LogP contribution in [0.4, 0.5) is 0 Å². The molecule has 0 unspecified atom stereocenters. The van der Waals surface area contributed by atoms with Crippen molar-refractivity contribution < 1.29 is 5.11 Å². The Morgan fingerprint density at radius 2 is 2.17 bits per heavy atom. The quantitative estimate of drug-likeness (QED) is 0.708. The summed E-state index contributed by atoms with van der Waals surface area (Å²) in [5, 5.41) is 8.71. The fourth-order valence-electron chi connectivity index (χ4n) is 0.772. The van der Waals surface area contributed by atoms with Gasteiger partial charge in [0, 0.05) is 5.69 Å². The minimum atomic E-state index is -0.0177. The summed E-state index contributed by atoms with van der Waals surface area (Å²) < 4.78 is 0. The van der Waals surface area contributed by atoms with E-state index >= 15 is 0 Å². The number of aryl methyl sites for hydroxylation is 1. The van der Waals surface area contributed by atoms with Crippen LogP contribution in [0.15, 0.2) is 6.58 Å². The number of aliphatic hydroxyl groups excluding tert-OH is 1. The zero-order chi connectivity index (χ0) is 9.56. The molecular weight excluding hydrogens is 152 g/mol. The maximum absolute atomic E-state index is 8.71. The monoisotopic (exact) mass is 168 g/mol. The molecule has 0 saturated heterocycles. The second-order valence-electron chi connectivity index (χ2n) is 2.06. The van der Waals surface area contributed by atoms with Gasteiger partial charge in [-0.25, -0.2) is 4.98 Å². The number of aliphatic hydroxyl groups is 1. The number of rotatable bonds is 2. The molecular formula is C9H16N2O. The average molecular weight is 168 g/mol. The first kappa shape index (κ1) is 10.9. The van der Waals surface area contributed by atoms with E-state index in [9.17, 15) is 0 Å². The van der Waals surface area contributed by atoms with Gasteiger partial charge >= 0.3 is 0 Å². The summed E-state index contributed by atoms with van der Waals surface area (Å²) in [4.78, 5) is 6.98. The first-order valence-electron chi connectivity index (χ1n) is 4.06. The number of hydrogen-bond acceptors (Lipinski definition) is 2. The van der Waals surface area contributed by atoms with Gasteiger partial charge in [0.15, 0.2) is 0 Å². The van der Waals surface area contributed by atoms with Crippen molar-refractivity contribution in [2.75, 3.05) is 0 Å². The SMILES string of the molecule is C=Cc1nc(CO)c(C)[nH]1.CC. The Morgan fingerprint density at radius 1 is 1.58 bits per heavy atom. The minimum Gasteiger partial charge on any atom is -0.390 e. The first-order valence-corrected chi connectivity index (χ1v) is 4.06. The highest BCUT2D eigenvalue weighted by atomic mass is 16.3. The number of nitrogens with zero attached hydrogens (tertiary/aromatic N) is 1. The summed E-state index contributed by atoms with van der Waals surface area (Å²) in [5.74, 6) is 0.710. The predicted molar refractivity (Wildman–Crippen MR) is 50.7 cm³/mol. The van der Waals surface area contributed by atoms with Crippen LogP contribution in [0.25, 0.3) is 6.08 Å². The lowest BCUT2D eigenvalue weighted by atomic mass is 10.4. The van der Waals surface area contributed by atoms with E-state index in [0.29, 0.717) is 11.5 Å². The van der Waals surface area contributed by atoms with Gasteiger partial charge in [-0.3, -0.25) is 0 Å². The number of H-pyrrole nitrogens is 1. The summed E-state index contributed by atoms with van der Waals surface area (Å²) in [5.41, 5.74) is 1.59. The number of aromatic amines is 1. The molecule has 0 fully saturated rings. The molecule has 0 radical (unpaired) electrons. The van der Waals surface area contributed by atoms with Gasteiger partial charge in [-0.15, -0.1) is 0 Å². The molecule has 0 aliphatic carbocycles. The van der Waals surface area contributed by atoms with Crippen molar-refractivity contribution in [3.05, 3.63) is 23.8 Å². The van der Waals surface area contributed by atoms with E-state index < -0.39 is 0 Å². The van der Waals surface area contributed by atoms with E-state index in [0.717, 1.165) is 5.69 Å². The van der Waals surface area contributed by atoms with Gasteiger partial charge in [-0.05, 0) is 13.0 Å². The lowest BCUT2D eigenvalue weighted by Gasteiger charge is -1.85. The van der Waals surface area contributed by atoms with Crippen molar-refractivity contribution in [1.29, 1.82) is 0 Å². The smallest absolute Gasteiger partial charge is 0.129 e. The molecule has 0 saturated carbocycles. The van der Waals surface area contributed by atoms with E-state index in [1.807, 2.05) is 20.8 Å². The van der Waals surface area contributed by atoms with E-state index in [-0.39, 0.29) is 6.61 Å². The molecule has 0 spiro atoms. The topological polar surface area (TPSA) is 48.9 Å².